The molecule has 3 aromatic rings. The summed E-state index contributed by atoms with van der Waals surface area (Å²) in [4.78, 5) is 31.5. The molecule has 5 nitrogen and oxygen atoms in total. The van der Waals surface area contributed by atoms with Crippen LogP contribution in [0.2, 0.25) is 0 Å². The fourth-order valence-corrected chi connectivity index (χ4v) is 3.78. The zero-order valence-electron chi connectivity index (χ0n) is 16.1. The molecule has 1 atom stereocenters. The lowest BCUT2D eigenvalue weighted by atomic mass is 9.91. The van der Waals surface area contributed by atoms with Gasteiger partial charge in [-0.2, -0.15) is 0 Å². The van der Waals surface area contributed by atoms with Crippen molar-refractivity contribution in [3.63, 3.8) is 0 Å². The van der Waals surface area contributed by atoms with Crippen molar-refractivity contribution in [3.8, 4) is 11.1 Å². The van der Waals surface area contributed by atoms with E-state index in [4.69, 9.17) is 0 Å². The second-order valence-electron chi connectivity index (χ2n) is 7.20. The first-order valence-electron chi connectivity index (χ1n) is 9.83. The molecule has 0 aliphatic carbocycles. The largest absolute Gasteiger partial charge is 0.354 e. The Kier molecular flexibility index (Phi) is 5.66. The third kappa shape index (κ3) is 4.35. The van der Waals surface area contributed by atoms with Crippen LogP contribution in [0.1, 0.15) is 15.9 Å². The van der Waals surface area contributed by atoms with Crippen molar-refractivity contribution < 1.29 is 9.59 Å². The molecule has 146 valence electrons. The van der Waals surface area contributed by atoms with Crippen molar-refractivity contribution >= 4 is 11.8 Å². The molecule has 1 aliphatic heterocycles. The van der Waals surface area contributed by atoms with Crippen LogP contribution in [0.3, 0.4) is 0 Å². The zero-order chi connectivity index (χ0) is 20.1. The van der Waals surface area contributed by atoms with Gasteiger partial charge in [-0.15, -0.1) is 0 Å². The summed E-state index contributed by atoms with van der Waals surface area (Å²) in [5.41, 5.74) is 3.90. The molecule has 0 radical (unpaired) electrons. The van der Waals surface area contributed by atoms with E-state index < -0.39 is 0 Å². The Bertz CT molecular complexity index is 989. The van der Waals surface area contributed by atoms with Crippen molar-refractivity contribution in [3.05, 3.63) is 90.3 Å². The van der Waals surface area contributed by atoms with Gasteiger partial charge in [-0.3, -0.25) is 14.6 Å². The molecule has 1 aliphatic rings. The highest BCUT2D eigenvalue weighted by atomic mass is 16.2. The first-order valence-corrected chi connectivity index (χ1v) is 9.83. The SMILES string of the molecule is O=C1NCCN(C(=O)c2ccccc2)CC1Cc1ccccc1-c1ccncc1. The second-order valence-corrected chi connectivity index (χ2v) is 7.20. The average Bonchev–Trinajstić information content (AvgIpc) is 2.96. The summed E-state index contributed by atoms with van der Waals surface area (Å²) >= 11 is 0. The Hall–Kier alpha value is -3.47. The minimum atomic E-state index is -0.298. The molecule has 0 spiro atoms. The molecule has 1 fully saturated rings. The molecule has 1 unspecified atom stereocenters. The van der Waals surface area contributed by atoms with E-state index in [1.54, 1.807) is 17.3 Å². The van der Waals surface area contributed by atoms with Gasteiger partial charge in [-0.05, 0) is 47.4 Å². The molecular formula is C24H23N3O2. The molecular weight excluding hydrogens is 362 g/mol. The topological polar surface area (TPSA) is 62.3 Å². The van der Waals surface area contributed by atoms with Gasteiger partial charge in [0.05, 0.1) is 5.92 Å². The number of carbonyl (C=O) groups excluding carboxylic acids is 2. The van der Waals surface area contributed by atoms with E-state index in [0.29, 0.717) is 31.6 Å². The lowest BCUT2D eigenvalue weighted by molar-refractivity contribution is -0.124. The predicted molar refractivity (Wildman–Crippen MR) is 112 cm³/mol. The van der Waals surface area contributed by atoms with Gasteiger partial charge in [0.25, 0.3) is 5.91 Å². The molecule has 1 aromatic heterocycles. The second kappa shape index (κ2) is 8.69. The van der Waals surface area contributed by atoms with Crippen molar-refractivity contribution in [2.45, 2.75) is 6.42 Å². The summed E-state index contributed by atoms with van der Waals surface area (Å²) in [7, 11) is 0. The van der Waals surface area contributed by atoms with Crippen LogP contribution in [0.4, 0.5) is 0 Å². The van der Waals surface area contributed by atoms with Crippen LogP contribution >= 0.6 is 0 Å². The van der Waals surface area contributed by atoms with Crippen LogP contribution in [0, 0.1) is 5.92 Å². The van der Waals surface area contributed by atoms with Crippen molar-refractivity contribution in [1.82, 2.24) is 15.2 Å². The quantitative estimate of drug-likeness (QED) is 0.750. The normalized spacial score (nSPS) is 16.8. The standard InChI is InChI=1S/C24H23N3O2/c28-23-21(16-20-8-4-5-9-22(20)18-10-12-25-13-11-18)17-27(15-14-26-23)24(29)19-6-2-1-3-7-19/h1-13,21H,14-17H2,(H,26,28). The predicted octanol–water partition coefficient (Wildman–Crippen LogP) is 3.18. The molecule has 4 rings (SSSR count). The third-order valence-corrected chi connectivity index (χ3v) is 5.28. The van der Waals surface area contributed by atoms with Gasteiger partial charge < -0.3 is 10.2 Å². The number of hydrogen-bond acceptors (Lipinski definition) is 3. The number of aromatic nitrogens is 1. The maximum atomic E-state index is 12.9. The maximum absolute atomic E-state index is 12.9. The van der Waals surface area contributed by atoms with Crippen LogP contribution in [-0.4, -0.2) is 41.3 Å². The summed E-state index contributed by atoms with van der Waals surface area (Å²) in [5.74, 6) is -0.333. The molecule has 2 heterocycles. The van der Waals surface area contributed by atoms with Crippen LogP contribution in [0.5, 0.6) is 0 Å². The molecule has 1 saturated heterocycles. The number of nitrogens with zero attached hydrogens (tertiary/aromatic N) is 2. The van der Waals surface area contributed by atoms with Gasteiger partial charge in [-0.1, -0.05) is 42.5 Å². The first kappa shape index (κ1) is 18.9. The Morgan fingerprint density at radius 1 is 1.00 bits per heavy atom. The van der Waals surface area contributed by atoms with Crippen molar-refractivity contribution in [2.24, 2.45) is 5.92 Å². The molecule has 0 saturated carbocycles. The van der Waals surface area contributed by atoms with Gasteiger partial charge in [-0.25, -0.2) is 0 Å². The number of pyridine rings is 1. The fraction of sp³-hybridized carbons (Fsp3) is 0.208. The molecule has 2 amide bonds. The Morgan fingerprint density at radius 2 is 1.72 bits per heavy atom. The van der Waals surface area contributed by atoms with Gasteiger partial charge in [0.1, 0.15) is 0 Å². The molecule has 5 heteroatoms. The van der Waals surface area contributed by atoms with Gasteiger partial charge in [0.2, 0.25) is 5.91 Å². The van der Waals surface area contributed by atoms with Crippen LogP contribution in [0.25, 0.3) is 11.1 Å². The highest BCUT2D eigenvalue weighted by Crippen LogP contribution is 2.26. The maximum Gasteiger partial charge on any atom is 0.253 e. The van der Waals surface area contributed by atoms with E-state index in [9.17, 15) is 9.59 Å². The summed E-state index contributed by atoms with van der Waals surface area (Å²) in [6.07, 6.45) is 4.11. The minimum Gasteiger partial charge on any atom is -0.354 e. The first-order chi connectivity index (χ1) is 14.2. The summed E-state index contributed by atoms with van der Waals surface area (Å²) in [6, 6.07) is 21.3. The molecule has 1 N–H and O–H groups in total. The zero-order valence-corrected chi connectivity index (χ0v) is 16.1. The van der Waals surface area contributed by atoms with Gasteiger partial charge in [0, 0.05) is 37.6 Å². The van der Waals surface area contributed by atoms with E-state index in [1.165, 1.54) is 0 Å². The lowest BCUT2D eigenvalue weighted by Gasteiger charge is -2.24. The smallest absolute Gasteiger partial charge is 0.253 e. The number of benzene rings is 2. The van der Waals surface area contributed by atoms with Gasteiger partial charge >= 0.3 is 0 Å². The van der Waals surface area contributed by atoms with E-state index in [1.807, 2.05) is 54.6 Å². The van der Waals surface area contributed by atoms with E-state index in [2.05, 4.69) is 22.4 Å². The van der Waals surface area contributed by atoms with Crippen LogP contribution < -0.4 is 5.32 Å². The summed E-state index contributed by atoms with van der Waals surface area (Å²) < 4.78 is 0. The van der Waals surface area contributed by atoms with E-state index >= 15 is 0 Å². The van der Waals surface area contributed by atoms with E-state index in [0.717, 1.165) is 16.7 Å². The van der Waals surface area contributed by atoms with Crippen LogP contribution in [-0.2, 0) is 11.2 Å². The third-order valence-electron chi connectivity index (χ3n) is 5.28. The highest BCUT2D eigenvalue weighted by molar-refractivity contribution is 5.94. The Labute approximate surface area is 170 Å². The number of amides is 2. The van der Waals surface area contributed by atoms with Crippen molar-refractivity contribution in [1.29, 1.82) is 0 Å². The fourth-order valence-electron chi connectivity index (χ4n) is 3.78. The Balaban J connectivity index is 1.58. The molecule has 0 bridgehead atoms. The summed E-state index contributed by atoms with van der Waals surface area (Å²) in [5, 5.41) is 2.97. The molecule has 29 heavy (non-hydrogen) atoms. The van der Waals surface area contributed by atoms with Crippen LogP contribution in [0.15, 0.2) is 79.1 Å². The highest BCUT2D eigenvalue weighted by Gasteiger charge is 2.28. The Morgan fingerprint density at radius 3 is 2.52 bits per heavy atom. The number of hydrogen-bond donors (Lipinski definition) is 1. The number of rotatable bonds is 4. The summed E-state index contributed by atoms with van der Waals surface area (Å²) in [6.45, 7) is 1.39. The average molecular weight is 385 g/mol. The monoisotopic (exact) mass is 385 g/mol. The van der Waals surface area contributed by atoms with Gasteiger partial charge in [0.15, 0.2) is 0 Å². The number of carbonyl (C=O) groups is 2. The van der Waals surface area contributed by atoms with E-state index in [-0.39, 0.29) is 17.7 Å². The lowest BCUT2D eigenvalue weighted by Crippen LogP contribution is -2.37. The number of nitrogens with one attached hydrogen (secondary N) is 1. The minimum absolute atomic E-state index is 0.00195. The van der Waals surface area contributed by atoms with Crippen molar-refractivity contribution in [2.75, 3.05) is 19.6 Å². The molecule has 2 aromatic carbocycles.